The van der Waals surface area contributed by atoms with Crippen LogP contribution >= 0.6 is 0 Å². The Kier molecular flexibility index (Phi) is 19.0. The van der Waals surface area contributed by atoms with E-state index in [4.69, 9.17) is 0 Å². The molecule has 0 aromatic heterocycles. The van der Waals surface area contributed by atoms with Crippen LogP contribution in [0.1, 0.15) is 84.0 Å². The molecule has 166 valence electrons. The lowest BCUT2D eigenvalue weighted by molar-refractivity contribution is -0.132. The number of hydrogen-bond acceptors (Lipinski definition) is 4. The largest absolute Gasteiger partial charge is 0.465 e. The van der Waals surface area contributed by atoms with E-state index < -0.39 is 5.97 Å². The smallest absolute Gasteiger partial charge is 0.349 e. The maximum atomic E-state index is 11.4. The molecule has 0 aliphatic carbocycles. The molecule has 0 saturated carbocycles. The molecule has 7 nitrogen and oxygen atoms in total. The number of unbranched alkanes of at least 4 members (excludes halogenated alkanes) is 9. The van der Waals surface area contributed by atoms with E-state index in [0.717, 1.165) is 57.7 Å². The summed E-state index contributed by atoms with van der Waals surface area (Å²) in [6.07, 6.45) is 18.0. The molecule has 0 atom stereocenters. The summed E-state index contributed by atoms with van der Waals surface area (Å²) >= 11 is 0. The summed E-state index contributed by atoms with van der Waals surface area (Å²) in [4.78, 5) is 37.0. The van der Waals surface area contributed by atoms with E-state index in [9.17, 15) is 14.4 Å². The second-order valence-corrected chi connectivity index (χ2v) is 6.94. The van der Waals surface area contributed by atoms with Gasteiger partial charge in [0.2, 0.25) is 5.91 Å². The van der Waals surface area contributed by atoms with E-state index in [2.05, 4.69) is 32.5 Å². The molecule has 0 aromatic carbocycles. The van der Waals surface area contributed by atoms with Gasteiger partial charge in [-0.05, 0) is 45.4 Å². The maximum Gasteiger partial charge on any atom is 0.349 e. The van der Waals surface area contributed by atoms with Gasteiger partial charge in [-0.3, -0.25) is 4.79 Å². The van der Waals surface area contributed by atoms with Crippen molar-refractivity contribution in [3.63, 3.8) is 0 Å². The number of urea groups is 1. The Balaban J connectivity index is 3.32. The molecule has 0 rings (SSSR count). The van der Waals surface area contributed by atoms with Crippen LogP contribution < -0.4 is 10.6 Å². The van der Waals surface area contributed by atoms with Crippen LogP contribution in [-0.2, 0) is 14.3 Å². The van der Waals surface area contributed by atoms with Crippen molar-refractivity contribution in [1.82, 2.24) is 10.6 Å². The summed E-state index contributed by atoms with van der Waals surface area (Å²) in [7, 11) is 1.26. The van der Waals surface area contributed by atoms with Gasteiger partial charge in [0.15, 0.2) is 0 Å². The molecule has 0 aliphatic heterocycles. The fourth-order valence-corrected chi connectivity index (χ4v) is 2.71. The van der Waals surface area contributed by atoms with Crippen molar-refractivity contribution < 1.29 is 19.1 Å². The lowest BCUT2D eigenvalue weighted by atomic mass is 10.1. The fourth-order valence-electron chi connectivity index (χ4n) is 2.71. The van der Waals surface area contributed by atoms with Crippen molar-refractivity contribution >= 4 is 24.1 Å². The predicted molar refractivity (Wildman–Crippen MR) is 117 cm³/mol. The topological polar surface area (TPSA) is 96.9 Å². The summed E-state index contributed by atoms with van der Waals surface area (Å²) in [5.41, 5.74) is 0. The zero-order valence-corrected chi connectivity index (χ0v) is 18.2. The van der Waals surface area contributed by atoms with Crippen LogP contribution in [0.3, 0.4) is 0 Å². The molecular formula is C22H39N3O4. The molecule has 0 radical (unpaired) electrons. The van der Waals surface area contributed by atoms with Crippen molar-refractivity contribution in [2.75, 3.05) is 20.2 Å². The van der Waals surface area contributed by atoms with Crippen LogP contribution in [-0.4, -0.2) is 44.3 Å². The molecule has 0 saturated heterocycles. The van der Waals surface area contributed by atoms with Gasteiger partial charge in [0.1, 0.15) is 6.21 Å². The second-order valence-electron chi connectivity index (χ2n) is 6.94. The first-order valence-electron chi connectivity index (χ1n) is 10.9. The highest BCUT2D eigenvalue weighted by molar-refractivity contribution is 6.25. The zero-order chi connectivity index (χ0) is 21.6. The third-order valence-electron chi connectivity index (χ3n) is 4.36. The number of carbonyl (C=O) groups is 3. The van der Waals surface area contributed by atoms with Crippen molar-refractivity contribution in [3.05, 3.63) is 12.2 Å². The number of ether oxygens (including phenoxy) is 1. The fraction of sp³-hybridized carbons (Fsp3) is 0.727. The van der Waals surface area contributed by atoms with Gasteiger partial charge >= 0.3 is 12.0 Å². The quantitative estimate of drug-likeness (QED) is 0.162. The minimum absolute atomic E-state index is 0.0821. The SMILES string of the molecule is CCNC(=O)NCCCCC=CCCCCCCCCCC(=O)N=CC(=O)OC. The van der Waals surface area contributed by atoms with Crippen molar-refractivity contribution in [1.29, 1.82) is 0 Å². The lowest BCUT2D eigenvalue weighted by Gasteiger charge is -2.04. The Morgan fingerprint density at radius 3 is 2.03 bits per heavy atom. The molecular weight excluding hydrogens is 370 g/mol. The van der Waals surface area contributed by atoms with Crippen molar-refractivity contribution in [3.8, 4) is 0 Å². The van der Waals surface area contributed by atoms with Gasteiger partial charge in [-0.25, -0.2) is 14.6 Å². The molecule has 0 aliphatic rings. The summed E-state index contributed by atoms with van der Waals surface area (Å²) in [5.74, 6) is -0.862. The number of nitrogens with one attached hydrogen (secondary N) is 2. The maximum absolute atomic E-state index is 11.4. The Morgan fingerprint density at radius 1 is 0.828 bits per heavy atom. The minimum atomic E-state index is -0.598. The molecule has 0 fully saturated rings. The van der Waals surface area contributed by atoms with E-state index in [1.54, 1.807) is 0 Å². The van der Waals surface area contributed by atoms with Crippen molar-refractivity contribution in [2.45, 2.75) is 84.0 Å². The first-order chi connectivity index (χ1) is 14.1. The van der Waals surface area contributed by atoms with E-state index in [0.29, 0.717) is 13.0 Å². The van der Waals surface area contributed by atoms with Gasteiger partial charge < -0.3 is 15.4 Å². The average Bonchev–Trinajstić information content (AvgIpc) is 2.71. The van der Waals surface area contributed by atoms with Gasteiger partial charge in [-0.1, -0.05) is 44.3 Å². The van der Waals surface area contributed by atoms with E-state index in [1.165, 1.54) is 32.8 Å². The minimum Gasteiger partial charge on any atom is -0.465 e. The van der Waals surface area contributed by atoms with Crippen LogP contribution in [0.25, 0.3) is 0 Å². The molecule has 7 heteroatoms. The highest BCUT2D eigenvalue weighted by atomic mass is 16.5. The van der Waals surface area contributed by atoms with Crippen LogP contribution in [0.2, 0.25) is 0 Å². The number of esters is 1. The van der Waals surface area contributed by atoms with Crippen LogP contribution in [0.5, 0.6) is 0 Å². The van der Waals surface area contributed by atoms with Crippen molar-refractivity contribution in [2.24, 2.45) is 4.99 Å². The number of aliphatic imine (C=N–C) groups is 1. The summed E-state index contributed by atoms with van der Waals surface area (Å²) in [5, 5.41) is 5.54. The first-order valence-corrected chi connectivity index (χ1v) is 10.9. The highest BCUT2D eigenvalue weighted by Gasteiger charge is 2.00. The highest BCUT2D eigenvalue weighted by Crippen LogP contribution is 2.10. The number of allylic oxidation sites excluding steroid dienone is 2. The number of hydrogen-bond donors (Lipinski definition) is 2. The van der Waals surface area contributed by atoms with E-state index in [-0.39, 0.29) is 11.9 Å². The predicted octanol–water partition coefficient (Wildman–Crippen LogP) is 4.31. The lowest BCUT2D eigenvalue weighted by Crippen LogP contribution is -2.35. The number of carbonyl (C=O) groups excluding carboxylic acids is 3. The summed E-state index contributed by atoms with van der Waals surface area (Å²) in [6, 6.07) is -0.0821. The van der Waals surface area contributed by atoms with E-state index in [1.807, 2.05) is 6.92 Å². The molecule has 2 N–H and O–H groups in total. The Morgan fingerprint density at radius 2 is 1.41 bits per heavy atom. The normalized spacial score (nSPS) is 11.1. The monoisotopic (exact) mass is 409 g/mol. The molecule has 0 spiro atoms. The van der Waals surface area contributed by atoms with E-state index >= 15 is 0 Å². The van der Waals surface area contributed by atoms with Gasteiger partial charge in [-0.2, -0.15) is 0 Å². The average molecular weight is 410 g/mol. The van der Waals surface area contributed by atoms with Gasteiger partial charge in [0.25, 0.3) is 0 Å². The Labute approximate surface area is 175 Å². The molecule has 3 amide bonds. The second kappa shape index (κ2) is 20.6. The third kappa shape index (κ3) is 20.4. The Hall–Kier alpha value is -2.18. The van der Waals surface area contributed by atoms with Gasteiger partial charge in [-0.15, -0.1) is 0 Å². The number of rotatable bonds is 17. The van der Waals surface area contributed by atoms with Crippen LogP contribution in [0.4, 0.5) is 4.79 Å². The third-order valence-corrected chi connectivity index (χ3v) is 4.36. The molecule has 0 unspecified atom stereocenters. The number of amides is 3. The first kappa shape index (κ1) is 26.8. The number of methoxy groups -OCH3 is 1. The van der Waals surface area contributed by atoms with Crippen LogP contribution in [0.15, 0.2) is 17.1 Å². The van der Waals surface area contributed by atoms with Gasteiger partial charge in [0, 0.05) is 19.5 Å². The summed E-state index contributed by atoms with van der Waals surface area (Å²) in [6.45, 7) is 3.29. The van der Waals surface area contributed by atoms with Gasteiger partial charge in [0.05, 0.1) is 7.11 Å². The Bertz CT molecular complexity index is 504. The molecule has 29 heavy (non-hydrogen) atoms. The molecule has 0 bridgehead atoms. The zero-order valence-electron chi connectivity index (χ0n) is 18.2. The molecule has 0 heterocycles. The van der Waals surface area contributed by atoms with Crippen LogP contribution in [0, 0.1) is 0 Å². The number of nitrogens with zero attached hydrogens (tertiary/aromatic N) is 1. The standard InChI is InChI=1S/C22H39N3O4/c1-3-23-22(28)24-18-16-14-12-10-8-6-4-5-7-9-11-13-15-17-20(26)25-19-21(27)29-2/h8,10,19H,3-7,9,11-18H2,1-2H3,(H2,23,24,28). The summed E-state index contributed by atoms with van der Waals surface area (Å²) < 4.78 is 4.39. The molecule has 0 aromatic rings.